The number of carbonyl (C=O) groups excluding carboxylic acids is 1. The molecule has 0 saturated heterocycles. The van der Waals surface area contributed by atoms with Crippen molar-refractivity contribution in [2.24, 2.45) is 0 Å². The van der Waals surface area contributed by atoms with E-state index >= 15 is 0 Å². The molecule has 2 atom stereocenters. The zero-order valence-electron chi connectivity index (χ0n) is 12.5. The maximum absolute atomic E-state index is 12.7. The third kappa shape index (κ3) is 2.72. The van der Waals surface area contributed by atoms with Crippen LogP contribution in [0.5, 0.6) is 0 Å². The third-order valence-corrected chi connectivity index (χ3v) is 4.09. The van der Waals surface area contributed by atoms with Gasteiger partial charge in [0.05, 0.1) is 6.26 Å². The Bertz CT molecular complexity index is 621. The maximum atomic E-state index is 12.7. The molecule has 4 heteroatoms. The highest BCUT2D eigenvalue weighted by Gasteiger charge is 2.34. The zero-order chi connectivity index (χ0) is 14.8. The molecule has 1 amide bonds. The van der Waals surface area contributed by atoms with E-state index in [1.807, 2.05) is 47.5 Å². The van der Waals surface area contributed by atoms with Gasteiger partial charge in [-0.1, -0.05) is 18.2 Å². The van der Waals surface area contributed by atoms with Crippen LogP contribution in [-0.4, -0.2) is 18.0 Å². The number of para-hydroxylation sites is 1. The monoisotopic (exact) mass is 285 g/mol. The Morgan fingerprint density at radius 1 is 1.38 bits per heavy atom. The Balaban J connectivity index is 1.69. The number of hydrogen-bond donors (Lipinski definition) is 1. The van der Waals surface area contributed by atoms with Crippen LogP contribution >= 0.6 is 0 Å². The Kier molecular flexibility index (Phi) is 3.80. The van der Waals surface area contributed by atoms with Crippen molar-refractivity contribution in [1.82, 2.24) is 0 Å². The van der Waals surface area contributed by atoms with Gasteiger partial charge in [0.2, 0.25) is 0 Å². The van der Waals surface area contributed by atoms with Crippen LogP contribution in [0.1, 0.15) is 25.2 Å². The van der Waals surface area contributed by atoms with E-state index in [1.54, 1.807) is 6.26 Å². The van der Waals surface area contributed by atoms with Crippen LogP contribution in [0, 0.1) is 0 Å². The highest BCUT2D eigenvalue weighted by molar-refractivity contribution is 5.98. The quantitative estimate of drug-likeness (QED) is 0.929. The molecule has 0 aliphatic carbocycles. The van der Waals surface area contributed by atoms with Crippen molar-refractivity contribution >= 4 is 11.6 Å². The summed E-state index contributed by atoms with van der Waals surface area (Å²) in [6, 6.07) is 12.1. The molecule has 4 nitrogen and oxygen atoms in total. The summed E-state index contributed by atoms with van der Waals surface area (Å²) in [5, 5.41) is 2.02. The molecular formula is C17H21N2O2+. The van der Waals surface area contributed by atoms with Crippen LogP contribution in [-0.2, 0) is 17.8 Å². The number of fused-ring (bicyclic) bond motifs is 1. The Labute approximate surface area is 124 Å². The average Bonchev–Trinajstić information content (AvgIpc) is 3.10. The van der Waals surface area contributed by atoms with Crippen molar-refractivity contribution in [2.45, 2.75) is 38.9 Å². The number of furan rings is 1. The number of anilines is 1. The Morgan fingerprint density at radius 3 is 2.95 bits per heavy atom. The molecular weight excluding hydrogens is 264 g/mol. The molecule has 1 aliphatic rings. The fourth-order valence-electron chi connectivity index (χ4n) is 2.94. The molecule has 2 heterocycles. The molecule has 3 rings (SSSR count). The fourth-order valence-corrected chi connectivity index (χ4v) is 2.94. The van der Waals surface area contributed by atoms with Crippen LogP contribution in [0.15, 0.2) is 47.1 Å². The minimum absolute atomic E-state index is 0.122. The number of amides is 1. The Hall–Kier alpha value is -2.07. The summed E-state index contributed by atoms with van der Waals surface area (Å²) in [6.45, 7) is 4.75. The molecule has 0 spiro atoms. The maximum Gasteiger partial charge on any atom is 0.285 e. The second-order valence-corrected chi connectivity index (χ2v) is 5.70. The van der Waals surface area contributed by atoms with E-state index in [0.717, 1.165) is 17.9 Å². The van der Waals surface area contributed by atoms with Gasteiger partial charge in [0.1, 0.15) is 6.54 Å². The number of nitrogens with zero attached hydrogens (tertiary/aromatic N) is 1. The highest BCUT2D eigenvalue weighted by atomic mass is 16.3. The first-order valence-electron chi connectivity index (χ1n) is 7.43. The van der Waals surface area contributed by atoms with Crippen molar-refractivity contribution in [3.05, 3.63) is 54.0 Å². The van der Waals surface area contributed by atoms with E-state index in [9.17, 15) is 4.79 Å². The van der Waals surface area contributed by atoms with Gasteiger partial charge < -0.3 is 14.6 Å². The van der Waals surface area contributed by atoms with Crippen molar-refractivity contribution in [3.63, 3.8) is 0 Å². The number of quaternary nitrogens is 1. The smallest absolute Gasteiger partial charge is 0.285 e. The lowest BCUT2D eigenvalue weighted by Gasteiger charge is -2.24. The molecule has 1 aliphatic heterocycles. The number of nitrogens with two attached hydrogens (primary N) is 1. The summed E-state index contributed by atoms with van der Waals surface area (Å²) in [6.07, 6.45) is 2.60. The molecule has 0 radical (unpaired) electrons. The number of hydrogen-bond acceptors (Lipinski definition) is 2. The first-order chi connectivity index (χ1) is 10.2. The van der Waals surface area contributed by atoms with Gasteiger partial charge >= 0.3 is 0 Å². The molecule has 0 fully saturated rings. The fraction of sp³-hybridized carbons (Fsp3) is 0.353. The normalized spacial score (nSPS) is 18.6. The summed E-state index contributed by atoms with van der Waals surface area (Å²) < 4.78 is 5.31. The summed E-state index contributed by atoms with van der Waals surface area (Å²) in [5.74, 6) is 1.06. The minimum Gasteiger partial charge on any atom is -0.463 e. The van der Waals surface area contributed by atoms with Gasteiger partial charge in [-0.25, -0.2) is 0 Å². The topological polar surface area (TPSA) is 50.1 Å². The van der Waals surface area contributed by atoms with E-state index in [-0.39, 0.29) is 18.0 Å². The van der Waals surface area contributed by atoms with Crippen LogP contribution < -0.4 is 10.2 Å². The highest BCUT2D eigenvalue weighted by Crippen LogP contribution is 2.31. The van der Waals surface area contributed by atoms with E-state index in [1.165, 1.54) is 5.56 Å². The van der Waals surface area contributed by atoms with Crippen LogP contribution in [0.25, 0.3) is 0 Å². The number of carbonyl (C=O) groups is 1. The number of benzene rings is 1. The minimum atomic E-state index is -0.122. The first-order valence-corrected chi connectivity index (χ1v) is 7.43. The zero-order valence-corrected chi connectivity index (χ0v) is 12.5. The molecule has 1 aromatic carbocycles. The molecule has 1 aromatic heterocycles. The standard InChI is InChI=1S/C17H20N2O2/c1-12-10-14-6-3-4-8-16(14)19(12)17(20)13(2)18-11-15-7-5-9-21-15/h3-9,12-13,18H,10-11H2,1-2H3/p+1/t12-,13+/m0/s1. The van der Waals surface area contributed by atoms with Gasteiger partial charge in [-0.05, 0) is 44.0 Å². The lowest BCUT2D eigenvalue weighted by atomic mass is 10.1. The average molecular weight is 285 g/mol. The third-order valence-electron chi connectivity index (χ3n) is 4.09. The molecule has 2 N–H and O–H groups in total. The van der Waals surface area contributed by atoms with Crippen LogP contribution in [0.4, 0.5) is 5.69 Å². The predicted molar refractivity (Wildman–Crippen MR) is 80.9 cm³/mol. The van der Waals surface area contributed by atoms with Gasteiger partial charge in [-0.2, -0.15) is 0 Å². The van der Waals surface area contributed by atoms with Crippen LogP contribution in [0.3, 0.4) is 0 Å². The Morgan fingerprint density at radius 2 is 2.19 bits per heavy atom. The predicted octanol–water partition coefficient (Wildman–Crippen LogP) is 1.71. The second-order valence-electron chi connectivity index (χ2n) is 5.70. The van der Waals surface area contributed by atoms with Gasteiger partial charge in [-0.15, -0.1) is 0 Å². The van der Waals surface area contributed by atoms with Gasteiger partial charge in [-0.3, -0.25) is 4.79 Å². The summed E-state index contributed by atoms with van der Waals surface area (Å²) >= 11 is 0. The van der Waals surface area contributed by atoms with E-state index in [0.29, 0.717) is 6.54 Å². The summed E-state index contributed by atoms with van der Waals surface area (Å²) in [5.41, 5.74) is 2.32. The van der Waals surface area contributed by atoms with Crippen molar-refractivity contribution in [2.75, 3.05) is 4.90 Å². The molecule has 0 bridgehead atoms. The van der Waals surface area contributed by atoms with Gasteiger partial charge in [0, 0.05) is 11.7 Å². The van der Waals surface area contributed by atoms with E-state index in [4.69, 9.17) is 4.42 Å². The summed E-state index contributed by atoms with van der Waals surface area (Å²) in [7, 11) is 0. The van der Waals surface area contributed by atoms with Gasteiger partial charge in [0.25, 0.3) is 5.91 Å². The molecule has 110 valence electrons. The van der Waals surface area contributed by atoms with Gasteiger partial charge in [0.15, 0.2) is 11.8 Å². The van der Waals surface area contributed by atoms with Crippen molar-refractivity contribution in [3.8, 4) is 0 Å². The largest absolute Gasteiger partial charge is 0.463 e. The summed E-state index contributed by atoms with van der Waals surface area (Å²) in [4.78, 5) is 14.7. The second kappa shape index (κ2) is 5.74. The first kappa shape index (κ1) is 13.9. The lowest BCUT2D eigenvalue weighted by molar-refractivity contribution is -0.690. The molecule has 21 heavy (non-hydrogen) atoms. The molecule has 0 saturated carbocycles. The molecule has 2 aromatic rings. The SMILES string of the molecule is C[C@@H]([NH2+]Cc1ccco1)C(=O)N1c2ccccc2C[C@@H]1C. The molecule has 0 unspecified atom stereocenters. The van der Waals surface area contributed by atoms with Crippen molar-refractivity contribution < 1.29 is 14.5 Å². The van der Waals surface area contributed by atoms with E-state index < -0.39 is 0 Å². The van der Waals surface area contributed by atoms with Crippen LogP contribution in [0.2, 0.25) is 0 Å². The number of rotatable bonds is 4. The van der Waals surface area contributed by atoms with Crippen molar-refractivity contribution in [1.29, 1.82) is 0 Å². The lowest BCUT2D eigenvalue weighted by Crippen LogP contribution is -2.90. The van der Waals surface area contributed by atoms with E-state index in [2.05, 4.69) is 13.0 Å².